The van der Waals surface area contributed by atoms with E-state index in [4.69, 9.17) is 0 Å². The molecule has 12 aromatic rings. The molecule has 1 nitrogen and oxygen atoms in total. The Bertz CT molecular complexity index is 4110. The van der Waals surface area contributed by atoms with E-state index in [1.54, 1.807) is 0 Å². The Morgan fingerprint density at radius 1 is 0.338 bits per heavy atom. The molecule has 0 aromatic heterocycles. The maximum atomic E-state index is 2.62. The van der Waals surface area contributed by atoms with Gasteiger partial charge in [0.05, 0.1) is 21.6 Å². The molecule has 12 aromatic carbocycles. The molecule has 1 aliphatic carbocycles. The number of rotatable bonds is 11. The standard InChI is InChI=1S/C74H63NSi2/c1-76(2,3)64-42-34-54(35-43-64)72(58-30-29-51-19-13-15-21-55(51)47-58)69-50-71-73(67-28-18-17-27-66(67)69)68-46-36-57(49-70(68)74(71,59-23-9-7-10-24-59)60-25-11-8-12-26-60)53-31-37-61(38-32-53)75(62-40-44-65(45-41-62)77(4,5)6)63-39-33-52-20-14-16-22-56(52)48-63/h7-50,72H,1-6H3. The first-order valence-corrected chi connectivity index (χ1v) is 34.3. The Morgan fingerprint density at radius 3 is 1.40 bits per heavy atom. The number of benzene rings is 12. The van der Waals surface area contributed by atoms with Gasteiger partial charge in [0, 0.05) is 23.0 Å². The van der Waals surface area contributed by atoms with E-state index >= 15 is 0 Å². The van der Waals surface area contributed by atoms with Crippen LogP contribution in [0.2, 0.25) is 39.3 Å². The van der Waals surface area contributed by atoms with Crippen molar-refractivity contribution in [1.29, 1.82) is 0 Å². The average molecular weight is 1020 g/mol. The minimum atomic E-state index is -1.56. The molecule has 3 heteroatoms. The van der Waals surface area contributed by atoms with E-state index in [-0.39, 0.29) is 5.92 Å². The third-order valence-electron chi connectivity index (χ3n) is 16.6. The third-order valence-corrected chi connectivity index (χ3v) is 20.7. The molecule has 0 heterocycles. The van der Waals surface area contributed by atoms with Gasteiger partial charge in [0.2, 0.25) is 0 Å². The molecule has 0 saturated heterocycles. The highest BCUT2D eigenvalue weighted by Crippen LogP contribution is 2.60. The summed E-state index contributed by atoms with van der Waals surface area (Å²) < 4.78 is 0. The second kappa shape index (κ2) is 19.0. The van der Waals surface area contributed by atoms with Crippen LogP contribution in [-0.2, 0) is 5.41 Å². The first kappa shape index (κ1) is 48.3. The predicted octanol–water partition coefficient (Wildman–Crippen LogP) is 18.9. The lowest BCUT2D eigenvalue weighted by Gasteiger charge is -2.35. The van der Waals surface area contributed by atoms with Crippen molar-refractivity contribution in [3.05, 3.63) is 306 Å². The smallest absolute Gasteiger partial charge is 0.0775 e. The number of anilines is 3. The fraction of sp³-hybridized carbons (Fsp3) is 0.108. The zero-order chi connectivity index (χ0) is 52.5. The maximum absolute atomic E-state index is 2.62. The Morgan fingerprint density at radius 2 is 0.805 bits per heavy atom. The third kappa shape index (κ3) is 8.46. The van der Waals surface area contributed by atoms with Crippen LogP contribution in [0.4, 0.5) is 17.1 Å². The largest absolute Gasteiger partial charge is 0.310 e. The Kier molecular flexibility index (Phi) is 11.9. The van der Waals surface area contributed by atoms with E-state index < -0.39 is 21.6 Å². The van der Waals surface area contributed by atoms with Gasteiger partial charge in [-0.2, -0.15) is 0 Å². The van der Waals surface area contributed by atoms with Crippen molar-refractivity contribution in [1.82, 2.24) is 0 Å². The van der Waals surface area contributed by atoms with Crippen molar-refractivity contribution in [2.24, 2.45) is 0 Å². The van der Waals surface area contributed by atoms with Crippen molar-refractivity contribution in [3.8, 4) is 22.3 Å². The molecule has 77 heavy (non-hydrogen) atoms. The molecular formula is C74H63NSi2. The lowest BCUT2D eigenvalue weighted by Crippen LogP contribution is -2.37. The SMILES string of the molecule is C[Si](C)(C)c1ccc(C(c2ccc3ccccc3c2)c2cc3c(c4ccccc24)-c2ccc(-c4ccc(N(c5ccc([Si](C)(C)C)cc5)c5ccc6ccccc6c5)cc4)cc2C3(c2ccccc2)c2ccccc2)cc1. The van der Waals surface area contributed by atoms with Crippen molar-refractivity contribution in [3.63, 3.8) is 0 Å². The zero-order valence-electron chi connectivity index (χ0n) is 44.9. The molecular weight excluding hydrogens is 959 g/mol. The summed E-state index contributed by atoms with van der Waals surface area (Å²) in [6, 6.07) is 101. The van der Waals surface area contributed by atoms with Crippen molar-refractivity contribution in [2.75, 3.05) is 4.90 Å². The Hall–Kier alpha value is -8.35. The van der Waals surface area contributed by atoms with E-state index in [0.717, 1.165) is 17.1 Å². The Balaban J connectivity index is 1.01. The molecule has 372 valence electrons. The van der Waals surface area contributed by atoms with E-state index in [2.05, 4.69) is 311 Å². The number of fused-ring (bicyclic) bond motifs is 7. The molecule has 1 aliphatic rings. The lowest BCUT2D eigenvalue weighted by molar-refractivity contribution is 0.766. The van der Waals surface area contributed by atoms with Gasteiger partial charge in [-0.1, -0.05) is 274 Å². The van der Waals surface area contributed by atoms with Crippen LogP contribution < -0.4 is 15.3 Å². The van der Waals surface area contributed by atoms with Gasteiger partial charge in [-0.3, -0.25) is 0 Å². The molecule has 0 saturated carbocycles. The van der Waals surface area contributed by atoms with Crippen LogP contribution in [0.25, 0.3) is 54.6 Å². The minimum absolute atomic E-state index is 0.0278. The van der Waals surface area contributed by atoms with E-state index in [1.807, 2.05) is 0 Å². The summed E-state index contributed by atoms with van der Waals surface area (Å²) in [5.41, 5.74) is 16.8. The van der Waals surface area contributed by atoms with Crippen LogP contribution in [0.3, 0.4) is 0 Å². The van der Waals surface area contributed by atoms with Crippen LogP contribution in [0, 0.1) is 0 Å². The zero-order valence-corrected chi connectivity index (χ0v) is 46.9. The molecule has 0 N–H and O–H groups in total. The van der Waals surface area contributed by atoms with Gasteiger partial charge in [0.1, 0.15) is 0 Å². The predicted molar refractivity (Wildman–Crippen MR) is 336 cm³/mol. The molecule has 0 amide bonds. The normalized spacial score (nSPS) is 13.4. The van der Waals surface area contributed by atoms with Gasteiger partial charge < -0.3 is 4.90 Å². The second-order valence-electron chi connectivity index (χ2n) is 23.3. The van der Waals surface area contributed by atoms with Crippen LogP contribution in [0.1, 0.15) is 44.9 Å². The highest BCUT2D eigenvalue weighted by Gasteiger charge is 2.47. The van der Waals surface area contributed by atoms with Gasteiger partial charge in [-0.25, -0.2) is 0 Å². The summed E-state index contributed by atoms with van der Waals surface area (Å²) in [5, 5.41) is 10.5. The van der Waals surface area contributed by atoms with E-state index in [0.29, 0.717) is 0 Å². The first-order chi connectivity index (χ1) is 37.4. The highest BCUT2D eigenvalue weighted by atomic mass is 28.3. The number of hydrogen-bond acceptors (Lipinski definition) is 1. The van der Waals surface area contributed by atoms with Crippen LogP contribution in [0.15, 0.2) is 267 Å². The van der Waals surface area contributed by atoms with Crippen LogP contribution >= 0.6 is 0 Å². The average Bonchev–Trinajstić information content (AvgIpc) is 3.93. The van der Waals surface area contributed by atoms with Crippen LogP contribution in [0.5, 0.6) is 0 Å². The molecule has 0 spiro atoms. The molecule has 0 aliphatic heterocycles. The van der Waals surface area contributed by atoms with Crippen molar-refractivity contribution in [2.45, 2.75) is 50.6 Å². The van der Waals surface area contributed by atoms with E-state index in [9.17, 15) is 0 Å². The van der Waals surface area contributed by atoms with Gasteiger partial charge >= 0.3 is 0 Å². The Labute approximate surface area is 456 Å². The summed E-state index contributed by atoms with van der Waals surface area (Å²) in [7, 11) is -3.05. The van der Waals surface area contributed by atoms with Crippen LogP contribution in [-0.4, -0.2) is 16.1 Å². The van der Waals surface area contributed by atoms with Gasteiger partial charge in [0.25, 0.3) is 0 Å². The van der Waals surface area contributed by atoms with Gasteiger partial charge in [-0.05, 0) is 136 Å². The molecule has 0 radical (unpaired) electrons. The van der Waals surface area contributed by atoms with Crippen molar-refractivity contribution >= 4 is 75.9 Å². The molecule has 0 bridgehead atoms. The summed E-state index contributed by atoms with van der Waals surface area (Å²) in [6.45, 7) is 14.6. The topological polar surface area (TPSA) is 3.24 Å². The lowest BCUT2D eigenvalue weighted by atomic mass is 9.66. The molecule has 1 unspecified atom stereocenters. The number of hydrogen-bond donors (Lipinski definition) is 0. The van der Waals surface area contributed by atoms with Crippen molar-refractivity contribution < 1.29 is 0 Å². The fourth-order valence-electron chi connectivity index (χ4n) is 12.6. The summed E-state index contributed by atoms with van der Waals surface area (Å²) in [4.78, 5) is 2.41. The molecule has 0 fully saturated rings. The molecule has 13 rings (SSSR count). The highest BCUT2D eigenvalue weighted by molar-refractivity contribution is 6.89. The summed E-state index contributed by atoms with van der Waals surface area (Å²) in [5.74, 6) is -0.0278. The van der Waals surface area contributed by atoms with Gasteiger partial charge in [0.15, 0.2) is 0 Å². The second-order valence-corrected chi connectivity index (χ2v) is 33.5. The fourth-order valence-corrected chi connectivity index (χ4v) is 14.9. The number of nitrogens with zero attached hydrogens (tertiary/aromatic N) is 1. The quantitative estimate of drug-likeness (QED) is 0.0922. The molecule has 1 atom stereocenters. The summed E-state index contributed by atoms with van der Waals surface area (Å²) in [6.07, 6.45) is 0. The van der Waals surface area contributed by atoms with E-state index in [1.165, 1.54) is 104 Å². The summed E-state index contributed by atoms with van der Waals surface area (Å²) >= 11 is 0. The monoisotopic (exact) mass is 1020 g/mol. The first-order valence-electron chi connectivity index (χ1n) is 27.3. The maximum Gasteiger partial charge on any atom is 0.0775 e. The van der Waals surface area contributed by atoms with Gasteiger partial charge in [-0.15, -0.1) is 0 Å². The minimum Gasteiger partial charge on any atom is -0.310 e.